The maximum absolute atomic E-state index is 12.9. The van der Waals surface area contributed by atoms with Crippen LogP contribution >= 0.6 is 0 Å². The van der Waals surface area contributed by atoms with Crippen LogP contribution in [-0.2, 0) is 6.18 Å². The number of aliphatic hydroxyl groups excluding tert-OH is 1. The molecule has 0 aliphatic rings. The van der Waals surface area contributed by atoms with Gasteiger partial charge < -0.3 is 10.4 Å². The van der Waals surface area contributed by atoms with Crippen molar-refractivity contribution in [3.05, 3.63) is 35.1 Å². The largest absolute Gasteiger partial charge is 0.416 e. The Morgan fingerprint density at radius 1 is 1.28 bits per heavy atom. The van der Waals surface area contributed by atoms with Gasteiger partial charge in [-0.3, -0.25) is 0 Å². The van der Waals surface area contributed by atoms with Crippen molar-refractivity contribution >= 4 is 0 Å². The van der Waals surface area contributed by atoms with Crippen LogP contribution in [0.1, 0.15) is 31.0 Å². The first-order valence-corrected chi connectivity index (χ1v) is 5.49. The van der Waals surface area contributed by atoms with Crippen LogP contribution in [0.3, 0.4) is 0 Å². The molecule has 0 aromatic heterocycles. The molecule has 0 spiro atoms. The molecule has 0 bridgehead atoms. The summed E-state index contributed by atoms with van der Waals surface area (Å²) in [6.07, 6.45) is -4.65. The minimum absolute atomic E-state index is 0.103. The van der Waals surface area contributed by atoms with Crippen LogP contribution in [0.15, 0.2) is 18.2 Å². The van der Waals surface area contributed by atoms with Gasteiger partial charge in [-0.25, -0.2) is 4.39 Å². The van der Waals surface area contributed by atoms with Crippen LogP contribution in [0.2, 0.25) is 0 Å². The zero-order valence-electron chi connectivity index (χ0n) is 10.1. The molecule has 0 aliphatic heterocycles. The van der Waals surface area contributed by atoms with Gasteiger partial charge in [0.1, 0.15) is 5.82 Å². The second-order valence-electron chi connectivity index (χ2n) is 4.29. The molecule has 1 atom stereocenters. The van der Waals surface area contributed by atoms with Gasteiger partial charge in [0.2, 0.25) is 0 Å². The highest BCUT2D eigenvalue weighted by atomic mass is 19.4. The molecule has 0 radical (unpaired) electrons. The van der Waals surface area contributed by atoms with Gasteiger partial charge in [-0.15, -0.1) is 0 Å². The van der Waals surface area contributed by atoms with Crippen molar-refractivity contribution in [2.45, 2.75) is 32.1 Å². The van der Waals surface area contributed by atoms with Gasteiger partial charge in [0.25, 0.3) is 0 Å². The van der Waals surface area contributed by atoms with E-state index in [1.54, 1.807) is 13.8 Å². The first-order chi connectivity index (χ1) is 8.25. The summed E-state index contributed by atoms with van der Waals surface area (Å²) in [6.45, 7) is 3.01. The Balaban J connectivity index is 3.21. The molecule has 0 amide bonds. The summed E-state index contributed by atoms with van der Waals surface area (Å²) in [5.41, 5.74) is -1.21. The third-order valence-electron chi connectivity index (χ3n) is 2.41. The Hall–Kier alpha value is -1.14. The van der Waals surface area contributed by atoms with Gasteiger partial charge >= 0.3 is 6.18 Å². The number of nitrogens with one attached hydrogen (secondary N) is 1. The Morgan fingerprint density at radius 3 is 2.33 bits per heavy atom. The van der Waals surface area contributed by atoms with E-state index in [9.17, 15) is 17.6 Å². The predicted molar refractivity (Wildman–Crippen MR) is 59.5 cm³/mol. The van der Waals surface area contributed by atoms with Crippen LogP contribution < -0.4 is 5.32 Å². The SMILES string of the molecule is CC(C)NC(CO)c1ccc(F)cc1C(F)(F)F. The van der Waals surface area contributed by atoms with Crippen LogP contribution in [0.25, 0.3) is 0 Å². The third-order valence-corrected chi connectivity index (χ3v) is 2.41. The second-order valence-corrected chi connectivity index (χ2v) is 4.29. The lowest BCUT2D eigenvalue weighted by molar-refractivity contribution is -0.138. The smallest absolute Gasteiger partial charge is 0.394 e. The van der Waals surface area contributed by atoms with E-state index >= 15 is 0 Å². The van der Waals surface area contributed by atoms with Gasteiger partial charge in [0.15, 0.2) is 0 Å². The van der Waals surface area contributed by atoms with E-state index in [1.165, 1.54) is 0 Å². The number of halogens is 4. The Bertz CT molecular complexity index is 404. The number of alkyl halides is 3. The maximum atomic E-state index is 12.9. The van der Waals surface area contributed by atoms with Crippen molar-refractivity contribution in [2.24, 2.45) is 0 Å². The normalized spacial score (nSPS) is 14.0. The molecule has 0 heterocycles. The van der Waals surface area contributed by atoms with E-state index in [4.69, 9.17) is 5.11 Å². The molecule has 1 aromatic rings. The molecule has 2 N–H and O–H groups in total. The van der Waals surface area contributed by atoms with Crippen LogP contribution in [0, 0.1) is 5.82 Å². The fourth-order valence-corrected chi connectivity index (χ4v) is 1.72. The quantitative estimate of drug-likeness (QED) is 0.820. The van der Waals surface area contributed by atoms with Crippen molar-refractivity contribution in [3.8, 4) is 0 Å². The molecule has 2 nitrogen and oxygen atoms in total. The van der Waals surface area contributed by atoms with Crippen LogP contribution in [0.4, 0.5) is 17.6 Å². The molecule has 1 unspecified atom stereocenters. The van der Waals surface area contributed by atoms with Gasteiger partial charge in [0, 0.05) is 6.04 Å². The average Bonchev–Trinajstić information content (AvgIpc) is 2.24. The number of hydrogen-bond donors (Lipinski definition) is 2. The Labute approximate surface area is 103 Å². The minimum atomic E-state index is -4.65. The Kier molecular flexibility index (Phi) is 4.70. The van der Waals surface area contributed by atoms with E-state index in [0.717, 1.165) is 12.1 Å². The topological polar surface area (TPSA) is 32.3 Å². The lowest BCUT2D eigenvalue weighted by Gasteiger charge is -2.23. The summed E-state index contributed by atoms with van der Waals surface area (Å²) in [7, 11) is 0. The fraction of sp³-hybridized carbons (Fsp3) is 0.500. The molecule has 0 saturated heterocycles. The summed E-state index contributed by atoms with van der Waals surface area (Å²) >= 11 is 0. The van der Waals surface area contributed by atoms with Gasteiger partial charge in [-0.2, -0.15) is 13.2 Å². The van der Waals surface area contributed by atoms with Crippen molar-refractivity contribution in [3.63, 3.8) is 0 Å². The first-order valence-electron chi connectivity index (χ1n) is 5.49. The molecule has 0 fully saturated rings. The molecule has 1 rings (SSSR count). The zero-order chi connectivity index (χ0) is 13.9. The van der Waals surface area contributed by atoms with Crippen LogP contribution in [0.5, 0.6) is 0 Å². The van der Waals surface area contributed by atoms with Gasteiger partial charge in [-0.05, 0) is 17.7 Å². The molecule has 1 aromatic carbocycles. The van der Waals surface area contributed by atoms with E-state index < -0.39 is 30.2 Å². The molecule has 18 heavy (non-hydrogen) atoms. The van der Waals surface area contributed by atoms with Crippen LogP contribution in [-0.4, -0.2) is 17.8 Å². The predicted octanol–water partition coefficient (Wildman–Crippen LogP) is 2.88. The van der Waals surface area contributed by atoms with Crippen molar-refractivity contribution < 1.29 is 22.7 Å². The summed E-state index contributed by atoms with van der Waals surface area (Å²) < 4.78 is 51.3. The minimum Gasteiger partial charge on any atom is -0.394 e. The Morgan fingerprint density at radius 2 is 1.89 bits per heavy atom. The standard InChI is InChI=1S/C12H15F4NO/c1-7(2)17-11(6-18)9-4-3-8(13)5-10(9)12(14,15)16/h3-5,7,11,17-18H,6H2,1-2H3. The monoisotopic (exact) mass is 265 g/mol. The summed E-state index contributed by atoms with van der Waals surface area (Å²) in [6, 6.07) is 1.47. The molecule has 6 heteroatoms. The summed E-state index contributed by atoms with van der Waals surface area (Å²) in [4.78, 5) is 0. The number of rotatable bonds is 4. The average molecular weight is 265 g/mol. The molecular weight excluding hydrogens is 250 g/mol. The van der Waals surface area contributed by atoms with E-state index in [1.807, 2.05) is 0 Å². The third kappa shape index (κ3) is 3.68. The summed E-state index contributed by atoms with van der Waals surface area (Å²) in [5, 5.41) is 12.0. The highest BCUT2D eigenvalue weighted by molar-refractivity contribution is 5.33. The van der Waals surface area contributed by atoms with Gasteiger partial charge in [-0.1, -0.05) is 19.9 Å². The summed E-state index contributed by atoms with van der Waals surface area (Å²) in [5.74, 6) is -0.952. The second kappa shape index (κ2) is 5.67. The molecule has 0 saturated carbocycles. The zero-order valence-corrected chi connectivity index (χ0v) is 10.1. The highest BCUT2D eigenvalue weighted by Gasteiger charge is 2.35. The van der Waals surface area contributed by atoms with Crippen molar-refractivity contribution in [1.82, 2.24) is 5.32 Å². The molecule has 102 valence electrons. The number of aliphatic hydroxyl groups is 1. The maximum Gasteiger partial charge on any atom is 0.416 e. The van der Waals surface area contributed by atoms with E-state index in [0.29, 0.717) is 6.07 Å². The van der Waals surface area contributed by atoms with Gasteiger partial charge in [0.05, 0.1) is 18.2 Å². The molecular formula is C12H15F4NO. The molecule has 0 aliphatic carbocycles. The number of hydrogen-bond acceptors (Lipinski definition) is 2. The van der Waals surface area contributed by atoms with Crippen molar-refractivity contribution in [1.29, 1.82) is 0 Å². The number of benzene rings is 1. The lowest BCUT2D eigenvalue weighted by Crippen LogP contribution is -2.32. The van der Waals surface area contributed by atoms with Crippen molar-refractivity contribution in [2.75, 3.05) is 6.61 Å². The highest BCUT2D eigenvalue weighted by Crippen LogP contribution is 2.35. The fourth-order valence-electron chi connectivity index (χ4n) is 1.72. The lowest BCUT2D eigenvalue weighted by atomic mass is 9.99. The van der Waals surface area contributed by atoms with E-state index in [-0.39, 0.29) is 11.6 Å². The van der Waals surface area contributed by atoms with E-state index in [2.05, 4.69) is 5.32 Å². The first kappa shape index (κ1) is 14.9.